The molecule has 3 rings (SSSR count). The average molecular weight is 361 g/mol. The summed E-state index contributed by atoms with van der Waals surface area (Å²) < 4.78 is 5.13. The topological polar surface area (TPSA) is 63.2 Å². The van der Waals surface area contributed by atoms with Crippen molar-refractivity contribution in [2.45, 2.75) is 20.4 Å². The minimum absolute atomic E-state index is 0.205. The van der Waals surface area contributed by atoms with Gasteiger partial charge in [-0.15, -0.1) is 0 Å². The van der Waals surface area contributed by atoms with Crippen LogP contribution >= 0.6 is 0 Å². The van der Waals surface area contributed by atoms with E-state index >= 15 is 0 Å². The molecular weight excluding hydrogens is 338 g/mol. The lowest BCUT2D eigenvalue weighted by Crippen LogP contribution is -2.23. The van der Waals surface area contributed by atoms with Gasteiger partial charge >= 0.3 is 0 Å². The third kappa shape index (κ3) is 4.85. The van der Waals surface area contributed by atoms with Gasteiger partial charge in [-0.3, -0.25) is 4.79 Å². The van der Waals surface area contributed by atoms with Crippen LogP contribution in [0.25, 0.3) is 0 Å². The van der Waals surface area contributed by atoms with E-state index in [1.807, 2.05) is 30.3 Å². The number of anilines is 2. The molecule has 0 aliphatic carbocycles. The van der Waals surface area contributed by atoms with Crippen LogP contribution < -0.4 is 15.4 Å². The molecule has 27 heavy (non-hydrogen) atoms. The van der Waals surface area contributed by atoms with Crippen LogP contribution in [0.1, 0.15) is 27.2 Å². The lowest BCUT2D eigenvalue weighted by molar-refractivity contribution is 0.0946. The van der Waals surface area contributed by atoms with E-state index in [2.05, 4.69) is 47.7 Å². The maximum Gasteiger partial charge on any atom is 0.270 e. The Balaban J connectivity index is 1.60. The summed E-state index contributed by atoms with van der Waals surface area (Å²) in [4.78, 5) is 16.6. The lowest BCUT2D eigenvalue weighted by Gasteiger charge is -2.11. The molecule has 0 saturated carbocycles. The molecule has 0 radical (unpaired) electrons. The number of pyridine rings is 1. The molecule has 0 atom stereocenters. The molecule has 0 aliphatic heterocycles. The van der Waals surface area contributed by atoms with E-state index in [1.165, 1.54) is 5.56 Å². The quantitative estimate of drug-likeness (QED) is 0.684. The number of aromatic nitrogens is 1. The number of benzene rings is 2. The first-order valence-corrected chi connectivity index (χ1v) is 8.76. The zero-order chi connectivity index (χ0) is 19.2. The first-order chi connectivity index (χ1) is 13.0. The van der Waals surface area contributed by atoms with Gasteiger partial charge in [0.25, 0.3) is 5.91 Å². The van der Waals surface area contributed by atoms with Crippen molar-refractivity contribution >= 4 is 17.3 Å². The van der Waals surface area contributed by atoms with Crippen LogP contribution in [0.5, 0.6) is 5.75 Å². The van der Waals surface area contributed by atoms with Crippen molar-refractivity contribution in [3.63, 3.8) is 0 Å². The fourth-order valence-corrected chi connectivity index (χ4v) is 2.64. The van der Waals surface area contributed by atoms with E-state index in [9.17, 15) is 4.79 Å². The molecule has 1 heterocycles. The van der Waals surface area contributed by atoms with Gasteiger partial charge in [-0.2, -0.15) is 0 Å². The van der Waals surface area contributed by atoms with Gasteiger partial charge in [0, 0.05) is 12.2 Å². The minimum atomic E-state index is -0.205. The molecule has 3 aromatic rings. The molecular formula is C22H23N3O2. The van der Waals surface area contributed by atoms with Crippen LogP contribution in [0.2, 0.25) is 0 Å². The standard InChI is InChI=1S/C22H23N3O2/c1-15-4-5-16(2)21(12-15)25-18-8-11-20(23-14-18)22(26)24-13-17-6-9-19(27-3)10-7-17/h4-12,14,25H,13H2,1-3H3,(H,24,26). The van der Waals surface area contributed by atoms with Crippen molar-refractivity contribution in [3.8, 4) is 5.75 Å². The Morgan fingerprint density at radius 2 is 1.81 bits per heavy atom. The number of carbonyl (C=O) groups is 1. The molecule has 0 bridgehead atoms. The normalized spacial score (nSPS) is 10.3. The summed E-state index contributed by atoms with van der Waals surface area (Å²) in [6.45, 7) is 4.54. The smallest absolute Gasteiger partial charge is 0.270 e. The van der Waals surface area contributed by atoms with E-state index in [1.54, 1.807) is 19.4 Å². The Morgan fingerprint density at radius 1 is 1.04 bits per heavy atom. The maximum absolute atomic E-state index is 12.3. The number of carbonyl (C=O) groups excluding carboxylic acids is 1. The predicted octanol–water partition coefficient (Wildman–Crippen LogP) is 4.38. The summed E-state index contributed by atoms with van der Waals surface area (Å²) in [6, 6.07) is 17.4. The highest BCUT2D eigenvalue weighted by Crippen LogP contribution is 2.21. The van der Waals surface area contributed by atoms with Gasteiger partial charge < -0.3 is 15.4 Å². The number of rotatable bonds is 6. The minimum Gasteiger partial charge on any atom is -0.497 e. The van der Waals surface area contributed by atoms with Crippen LogP contribution in [-0.2, 0) is 6.54 Å². The van der Waals surface area contributed by atoms with E-state index in [4.69, 9.17) is 4.74 Å². The second-order valence-electron chi connectivity index (χ2n) is 6.41. The number of hydrogen-bond donors (Lipinski definition) is 2. The first kappa shape index (κ1) is 18.5. The summed E-state index contributed by atoms with van der Waals surface area (Å²) in [7, 11) is 1.63. The SMILES string of the molecule is COc1ccc(CNC(=O)c2ccc(Nc3cc(C)ccc3C)cn2)cc1. The number of methoxy groups -OCH3 is 1. The van der Waals surface area contributed by atoms with Gasteiger partial charge in [0.2, 0.25) is 0 Å². The number of aryl methyl sites for hydroxylation is 2. The number of nitrogens with one attached hydrogen (secondary N) is 2. The van der Waals surface area contributed by atoms with Crippen LogP contribution in [0.15, 0.2) is 60.8 Å². The van der Waals surface area contributed by atoms with E-state index < -0.39 is 0 Å². The largest absolute Gasteiger partial charge is 0.497 e. The second kappa shape index (κ2) is 8.36. The van der Waals surface area contributed by atoms with Gasteiger partial charge in [0.05, 0.1) is 19.0 Å². The van der Waals surface area contributed by atoms with Gasteiger partial charge in [-0.25, -0.2) is 4.98 Å². The third-order valence-corrected chi connectivity index (χ3v) is 4.28. The van der Waals surface area contributed by atoms with Gasteiger partial charge in [-0.1, -0.05) is 24.3 Å². The zero-order valence-electron chi connectivity index (χ0n) is 15.7. The van der Waals surface area contributed by atoms with Crippen molar-refractivity contribution in [1.82, 2.24) is 10.3 Å². The zero-order valence-corrected chi connectivity index (χ0v) is 15.7. The molecule has 5 heteroatoms. The second-order valence-corrected chi connectivity index (χ2v) is 6.41. The molecule has 2 N–H and O–H groups in total. The highest BCUT2D eigenvalue weighted by atomic mass is 16.5. The highest BCUT2D eigenvalue weighted by molar-refractivity contribution is 5.92. The molecule has 0 saturated heterocycles. The highest BCUT2D eigenvalue weighted by Gasteiger charge is 2.08. The summed E-state index contributed by atoms with van der Waals surface area (Å²) in [5.74, 6) is 0.586. The Kier molecular flexibility index (Phi) is 5.71. The monoisotopic (exact) mass is 361 g/mol. The summed E-state index contributed by atoms with van der Waals surface area (Å²) >= 11 is 0. The number of nitrogens with zero attached hydrogens (tertiary/aromatic N) is 1. The molecule has 138 valence electrons. The summed E-state index contributed by atoms with van der Waals surface area (Å²) in [5, 5.41) is 6.22. The van der Waals surface area contributed by atoms with Crippen LogP contribution in [0.4, 0.5) is 11.4 Å². The maximum atomic E-state index is 12.3. The van der Waals surface area contributed by atoms with Gasteiger partial charge in [0.15, 0.2) is 0 Å². The van der Waals surface area contributed by atoms with Crippen molar-refractivity contribution in [2.24, 2.45) is 0 Å². The van der Waals surface area contributed by atoms with Crippen molar-refractivity contribution in [3.05, 3.63) is 83.2 Å². The molecule has 1 aromatic heterocycles. The first-order valence-electron chi connectivity index (χ1n) is 8.76. The van der Waals surface area contributed by atoms with Gasteiger partial charge in [0.1, 0.15) is 11.4 Å². The third-order valence-electron chi connectivity index (χ3n) is 4.28. The molecule has 0 spiro atoms. The average Bonchev–Trinajstić information content (AvgIpc) is 2.70. The number of hydrogen-bond acceptors (Lipinski definition) is 4. The summed E-state index contributed by atoms with van der Waals surface area (Å²) in [5.41, 5.74) is 5.60. The number of amides is 1. The van der Waals surface area contributed by atoms with Crippen molar-refractivity contribution < 1.29 is 9.53 Å². The number of ether oxygens (including phenoxy) is 1. The van der Waals surface area contributed by atoms with Gasteiger partial charge in [-0.05, 0) is 60.9 Å². The van der Waals surface area contributed by atoms with Crippen molar-refractivity contribution in [2.75, 3.05) is 12.4 Å². The van der Waals surface area contributed by atoms with E-state index in [0.29, 0.717) is 12.2 Å². The van der Waals surface area contributed by atoms with Crippen LogP contribution in [0, 0.1) is 13.8 Å². The Bertz CT molecular complexity index is 919. The van der Waals surface area contributed by atoms with Crippen LogP contribution in [-0.4, -0.2) is 18.0 Å². The fraction of sp³-hybridized carbons (Fsp3) is 0.182. The van der Waals surface area contributed by atoms with Crippen LogP contribution in [0.3, 0.4) is 0 Å². The molecule has 2 aromatic carbocycles. The molecule has 1 amide bonds. The fourth-order valence-electron chi connectivity index (χ4n) is 2.64. The van der Waals surface area contributed by atoms with E-state index in [0.717, 1.165) is 28.3 Å². The summed E-state index contributed by atoms with van der Waals surface area (Å²) in [6.07, 6.45) is 1.67. The molecule has 5 nitrogen and oxygen atoms in total. The Labute approximate surface area is 159 Å². The Hall–Kier alpha value is -3.34. The van der Waals surface area contributed by atoms with Crippen molar-refractivity contribution in [1.29, 1.82) is 0 Å². The van der Waals surface area contributed by atoms with E-state index in [-0.39, 0.29) is 5.91 Å². The predicted molar refractivity (Wildman–Crippen MR) is 108 cm³/mol. The molecule has 0 unspecified atom stereocenters. The lowest BCUT2D eigenvalue weighted by atomic mass is 10.1. The Morgan fingerprint density at radius 3 is 2.48 bits per heavy atom. The molecule has 0 fully saturated rings. The molecule has 0 aliphatic rings.